The molecule has 0 aliphatic heterocycles. The third-order valence-corrected chi connectivity index (χ3v) is 4.78. The van der Waals surface area contributed by atoms with Crippen molar-refractivity contribution in [3.05, 3.63) is 11.3 Å². The molecule has 0 radical (unpaired) electrons. The summed E-state index contributed by atoms with van der Waals surface area (Å²) in [6.45, 7) is 1.70. The van der Waals surface area contributed by atoms with Gasteiger partial charge in [0.25, 0.3) is 0 Å². The Balaban J connectivity index is 1.57. The maximum atomic E-state index is 13.0. The summed E-state index contributed by atoms with van der Waals surface area (Å²) >= 11 is 0. The Morgan fingerprint density at radius 3 is 2.54 bits per heavy atom. The Bertz CT molecular complexity index is 633. The molecule has 2 aliphatic carbocycles. The maximum absolute atomic E-state index is 13.0. The molecule has 134 valence electrons. The van der Waals surface area contributed by atoms with E-state index in [9.17, 15) is 22.4 Å². The minimum Gasteiger partial charge on any atom is -0.446 e. The third-order valence-electron chi connectivity index (χ3n) is 4.78. The summed E-state index contributed by atoms with van der Waals surface area (Å²) in [4.78, 5) is 11.9. The largest absolute Gasteiger partial charge is 0.446 e. The highest BCUT2D eigenvalue weighted by molar-refractivity contribution is 5.84. The lowest BCUT2D eigenvalue weighted by Gasteiger charge is -2.34. The summed E-state index contributed by atoms with van der Waals surface area (Å²) in [5.74, 6) is -3.31. The quantitative estimate of drug-likeness (QED) is 0.841. The molecule has 2 saturated carbocycles. The fourth-order valence-electron chi connectivity index (χ4n) is 3.25. The van der Waals surface area contributed by atoms with E-state index in [4.69, 9.17) is 4.74 Å². The van der Waals surface area contributed by atoms with Gasteiger partial charge in [-0.05, 0) is 19.8 Å². The Hall–Kier alpha value is -1.80. The number of hydrogen-bond acceptors (Lipinski definition) is 3. The Morgan fingerprint density at radius 2 is 2.00 bits per heavy atom. The zero-order valence-electron chi connectivity index (χ0n) is 13.4. The highest BCUT2D eigenvalue weighted by Gasteiger charge is 2.47. The summed E-state index contributed by atoms with van der Waals surface area (Å²) in [6.07, 6.45) is -3.84. The van der Waals surface area contributed by atoms with Crippen molar-refractivity contribution in [3.8, 4) is 0 Å². The molecule has 2 aliphatic rings. The van der Waals surface area contributed by atoms with Crippen LogP contribution in [0.2, 0.25) is 0 Å². The van der Waals surface area contributed by atoms with Gasteiger partial charge in [0.15, 0.2) is 0 Å². The first kappa shape index (κ1) is 17.0. The second-order valence-electron chi connectivity index (χ2n) is 6.66. The van der Waals surface area contributed by atoms with Gasteiger partial charge in [0.2, 0.25) is 12.3 Å². The zero-order chi connectivity index (χ0) is 17.6. The lowest BCUT2D eigenvalue weighted by atomic mass is 9.78. The van der Waals surface area contributed by atoms with E-state index in [1.165, 1.54) is 4.68 Å². The summed E-state index contributed by atoms with van der Waals surface area (Å²) in [5, 5.41) is 6.74. The predicted molar refractivity (Wildman–Crippen MR) is 77.5 cm³/mol. The third kappa shape index (κ3) is 3.21. The van der Waals surface area contributed by atoms with Crippen molar-refractivity contribution in [2.24, 2.45) is 13.0 Å². The molecule has 1 amide bonds. The van der Waals surface area contributed by atoms with Crippen LogP contribution in [0.3, 0.4) is 0 Å². The number of aromatic nitrogens is 2. The van der Waals surface area contributed by atoms with Crippen LogP contribution in [0.5, 0.6) is 0 Å². The number of aryl methyl sites for hydroxylation is 1. The molecular weight excluding hydrogens is 330 g/mol. The fraction of sp³-hybridized carbons (Fsp3) is 0.733. The van der Waals surface area contributed by atoms with Gasteiger partial charge in [-0.1, -0.05) is 0 Å². The number of alkyl halides is 4. The molecule has 0 saturated heterocycles. The lowest BCUT2D eigenvalue weighted by molar-refractivity contribution is -0.0877. The molecule has 3 rings (SSSR count). The number of anilines is 1. The zero-order valence-corrected chi connectivity index (χ0v) is 13.4. The Kier molecular flexibility index (Phi) is 4.21. The van der Waals surface area contributed by atoms with Gasteiger partial charge in [0.05, 0.1) is 5.69 Å². The van der Waals surface area contributed by atoms with E-state index >= 15 is 0 Å². The van der Waals surface area contributed by atoms with E-state index in [2.05, 4.69) is 10.4 Å². The second kappa shape index (κ2) is 5.93. The standard InChI is InChI=1S/C15H19F4N3O2/c1-7-11(9-5-15(18,19)6-9)21-22(2)13(7)20-14(23)24-10-3-8(4-10)12(16)17/h8-10,12H,3-6H2,1-2H3,(H,20,23)/t8-,10+. The normalized spacial score (nSPS) is 26.0. The van der Waals surface area contributed by atoms with Crippen LogP contribution in [0.15, 0.2) is 0 Å². The van der Waals surface area contributed by atoms with Gasteiger partial charge in [0, 0.05) is 37.3 Å². The lowest BCUT2D eigenvalue weighted by Crippen LogP contribution is -2.38. The minimum atomic E-state index is -2.65. The molecule has 0 unspecified atom stereocenters. The predicted octanol–water partition coefficient (Wildman–Crippen LogP) is 3.83. The number of rotatable bonds is 4. The molecule has 0 atom stereocenters. The van der Waals surface area contributed by atoms with Gasteiger partial charge in [-0.2, -0.15) is 5.10 Å². The van der Waals surface area contributed by atoms with Gasteiger partial charge in [-0.25, -0.2) is 22.4 Å². The van der Waals surface area contributed by atoms with Crippen LogP contribution in [0.25, 0.3) is 0 Å². The molecule has 1 aromatic heterocycles. The Labute approximate surface area is 136 Å². The van der Waals surface area contributed by atoms with E-state index < -0.39 is 30.5 Å². The summed E-state index contributed by atoms with van der Waals surface area (Å²) in [5.41, 5.74) is 1.16. The van der Waals surface area contributed by atoms with E-state index in [1.807, 2.05) is 0 Å². The summed E-state index contributed by atoms with van der Waals surface area (Å²) in [7, 11) is 1.60. The van der Waals surface area contributed by atoms with Crippen LogP contribution in [0.4, 0.5) is 28.2 Å². The number of nitrogens with zero attached hydrogens (tertiary/aromatic N) is 2. The highest BCUT2D eigenvalue weighted by atomic mass is 19.3. The number of carbonyl (C=O) groups is 1. The Morgan fingerprint density at radius 1 is 1.38 bits per heavy atom. The van der Waals surface area contributed by atoms with Gasteiger partial charge >= 0.3 is 6.09 Å². The smallest absolute Gasteiger partial charge is 0.413 e. The van der Waals surface area contributed by atoms with Gasteiger partial charge in [-0.3, -0.25) is 10.00 Å². The van der Waals surface area contributed by atoms with Crippen molar-refractivity contribution >= 4 is 11.9 Å². The summed E-state index contributed by atoms with van der Waals surface area (Å²) < 4.78 is 57.3. The molecular formula is C15H19F4N3O2. The van der Waals surface area contributed by atoms with Crippen LogP contribution in [-0.4, -0.2) is 34.3 Å². The molecule has 0 spiro atoms. The fourth-order valence-corrected chi connectivity index (χ4v) is 3.25. The topological polar surface area (TPSA) is 56.2 Å². The van der Waals surface area contributed by atoms with Crippen molar-refractivity contribution in [2.45, 2.75) is 57.0 Å². The van der Waals surface area contributed by atoms with Gasteiger partial charge < -0.3 is 4.74 Å². The number of halogens is 4. The average Bonchev–Trinajstić information content (AvgIpc) is 2.67. The maximum Gasteiger partial charge on any atom is 0.413 e. The van der Waals surface area contributed by atoms with Crippen molar-refractivity contribution < 1.29 is 27.1 Å². The molecule has 9 heteroatoms. The SMILES string of the molecule is Cc1c(C2CC(F)(F)C2)nn(C)c1NC(=O)O[C@H]1C[C@@H](C(F)F)C1. The molecule has 5 nitrogen and oxygen atoms in total. The minimum absolute atomic E-state index is 0.151. The van der Waals surface area contributed by atoms with Crippen molar-refractivity contribution in [3.63, 3.8) is 0 Å². The van der Waals surface area contributed by atoms with Gasteiger partial charge in [-0.15, -0.1) is 0 Å². The van der Waals surface area contributed by atoms with Crippen molar-refractivity contribution in [1.82, 2.24) is 9.78 Å². The molecule has 0 bridgehead atoms. The van der Waals surface area contributed by atoms with E-state index in [0.29, 0.717) is 17.1 Å². The number of amides is 1. The second-order valence-corrected chi connectivity index (χ2v) is 6.66. The number of nitrogens with one attached hydrogen (secondary N) is 1. The van der Waals surface area contributed by atoms with Crippen LogP contribution in [-0.2, 0) is 11.8 Å². The van der Waals surface area contributed by atoms with Crippen LogP contribution in [0.1, 0.15) is 42.9 Å². The number of ether oxygens (including phenoxy) is 1. The summed E-state index contributed by atoms with van der Waals surface area (Å²) in [6, 6.07) is 0. The molecule has 1 aromatic rings. The van der Waals surface area contributed by atoms with Crippen LogP contribution < -0.4 is 5.32 Å². The first-order valence-electron chi connectivity index (χ1n) is 7.83. The van der Waals surface area contributed by atoms with E-state index in [1.54, 1.807) is 14.0 Å². The molecule has 24 heavy (non-hydrogen) atoms. The molecule has 1 N–H and O–H groups in total. The molecule has 0 aromatic carbocycles. The van der Waals surface area contributed by atoms with Crippen molar-refractivity contribution in [2.75, 3.05) is 5.32 Å². The van der Waals surface area contributed by atoms with Crippen LogP contribution in [0, 0.1) is 12.8 Å². The number of hydrogen-bond donors (Lipinski definition) is 1. The highest BCUT2D eigenvalue weighted by Crippen LogP contribution is 2.49. The van der Waals surface area contributed by atoms with Crippen LogP contribution >= 0.6 is 0 Å². The molecule has 2 fully saturated rings. The van der Waals surface area contributed by atoms with Crippen molar-refractivity contribution in [1.29, 1.82) is 0 Å². The van der Waals surface area contributed by atoms with E-state index in [0.717, 1.165) is 0 Å². The first-order chi connectivity index (χ1) is 11.2. The van der Waals surface area contributed by atoms with E-state index in [-0.39, 0.29) is 31.6 Å². The molecule has 1 heterocycles. The number of carbonyl (C=O) groups excluding carboxylic acids is 1. The van der Waals surface area contributed by atoms with Gasteiger partial charge in [0.1, 0.15) is 11.9 Å². The first-order valence-corrected chi connectivity index (χ1v) is 7.83. The average molecular weight is 349 g/mol. The monoisotopic (exact) mass is 349 g/mol.